The van der Waals surface area contributed by atoms with E-state index in [9.17, 15) is 4.79 Å². The summed E-state index contributed by atoms with van der Waals surface area (Å²) in [6.07, 6.45) is 8.25. The molecule has 0 saturated heterocycles. The lowest BCUT2D eigenvalue weighted by molar-refractivity contribution is -0.126. The minimum Gasteiger partial charge on any atom is -0.356 e. The maximum absolute atomic E-state index is 12.1. The Morgan fingerprint density at radius 2 is 1.74 bits per heavy atom. The zero-order valence-electron chi connectivity index (χ0n) is 12.8. The second-order valence-electron chi connectivity index (χ2n) is 6.96. The van der Waals surface area contributed by atoms with Gasteiger partial charge in [-0.1, -0.05) is 49.8 Å². The fraction of sp³-hybridized carbons (Fsp3) is 0.938. The minimum absolute atomic E-state index is 0.281. The van der Waals surface area contributed by atoms with Crippen LogP contribution < -0.4 is 5.32 Å². The average molecular weight is 379 g/mol. The van der Waals surface area contributed by atoms with Gasteiger partial charge in [-0.2, -0.15) is 0 Å². The Morgan fingerprint density at radius 3 is 2.26 bits per heavy atom. The number of amides is 1. The van der Waals surface area contributed by atoms with E-state index in [2.05, 4.69) is 48.7 Å². The molecule has 1 aliphatic rings. The lowest BCUT2D eigenvalue weighted by Gasteiger charge is -2.36. The second-order valence-corrected chi connectivity index (χ2v) is 8.03. The maximum Gasteiger partial charge on any atom is 0.223 e. The molecule has 0 aromatic carbocycles. The highest BCUT2D eigenvalue weighted by molar-refractivity contribution is 14.1. The molecule has 0 bridgehead atoms. The van der Waals surface area contributed by atoms with Crippen LogP contribution in [0.4, 0.5) is 0 Å². The molecule has 0 aromatic heterocycles. The molecule has 1 fully saturated rings. The summed E-state index contributed by atoms with van der Waals surface area (Å²) in [6, 6.07) is 0. The number of nitrogens with one attached hydrogen (secondary N) is 1. The van der Waals surface area contributed by atoms with Crippen LogP contribution in [-0.2, 0) is 4.79 Å². The van der Waals surface area contributed by atoms with Gasteiger partial charge in [0.2, 0.25) is 5.91 Å². The van der Waals surface area contributed by atoms with Gasteiger partial charge in [0, 0.05) is 12.5 Å². The largest absolute Gasteiger partial charge is 0.356 e. The van der Waals surface area contributed by atoms with Crippen molar-refractivity contribution in [2.75, 3.05) is 11.0 Å². The van der Waals surface area contributed by atoms with E-state index < -0.39 is 0 Å². The Hall–Kier alpha value is 0.200. The Kier molecular flexibility index (Phi) is 7.70. The van der Waals surface area contributed by atoms with Crippen molar-refractivity contribution >= 4 is 28.5 Å². The Morgan fingerprint density at radius 1 is 1.11 bits per heavy atom. The molecule has 112 valence electrons. The predicted octanol–water partition coefficient (Wildman–Crippen LogP) is 4.56. The average Bonchev–Trinajstić information content (AvgIpc) is 2.37. The summed E-state index contributed by atoms with van der Waals surface area (Å²) in [5.74, 6) is 1.38. The molecule has 1 amide bonds. The molecule has 0 aromatic rings. The molecule has 0 spiro atoms. The van der Waals surface area contributed by atoms with Gasteiger partial charge < -0.3 is 5.32 Å². The van der Waals surface area contributed by atoms with E-state index in [1.807, 2.05) is 0 Å². The van der Waals surface area contributed by atoms with Crippen LogP contribution in [0, 0.1) is 17.3 Å². The zero-order chi connectivity index (χ0) is 14.3. The normalized spacial score (nSPS) is 24.2. The van der Waals surface area contributed by atoms with Crippen molar-refractivity contribution in [2.45, 2.75) is 65.7 Å². The number of rotatable bonds is 6. The number of unbranched alkanes of at least 4 members (excludes halogenated alkanes) is 2. The molecular weight excluding hydrogens is 349 g/mol. The minimum atomic E-state index is 0.281. The topological polar surface area (TPSA) is 29.1 Å². The van der Waals surface area contributed by atoms with E-state index in [0.29, 0.717) is 11.3 Å². The van der Waals surface area contributed by atoms with Gasteiger partial charge in [0.1, 0.15) is 0 Å². The first-order valence-corrected chi connectivity index (χ1v) is 9.31. The van der Waals surface area contributed by atoms with Crippen LogP contribution in [0.2, 0.25) is 0 Å². The van der Waals surface area contributed by atoms with Crippen molar-refractivity contribution in [1.82, 2.24) is 5.32 Å². The standard InChI is InChI=1S/C16H30INO/c1-16(2,3)14-9-7-13(8-10-14)15(19)18-12-6-4-5-11-17/h13-14H,4-12H2,1-3H3,(H,18,19). The van der Waals surface area contributed by atoms with Gasteiger partial charge in [-0.25, -0.2) is 0 Å². The Bertz CT molecular complexity index is 264. The fourth-order valence-corrected chi connectivity index (χ4v) is 3.51. The molecule has 1 rings (SSSR count). The molecule has 1 N–H and O–H groups in total. The van der Waals surface area contributed by atoms with Crippen molar-refractivity contribution in [3.63, 3.8) is 0 Å². The molecule has 1 aliphatic carbocycles. The molecule has 1 saturated carbocycles. The third-order valence-corrected chi connectivity index (χ3v) is 5.20. The van der Waals surface area contributed by atoms with Crippen molar-refractivity contribution in [2.24, 2.45) is 17.3 Å². The predicted molar refractivity (Wildman–Crippen MR) is 90.7 cm³/mol. The highest BCUT2D eigenvalue weighted by Gasteiger charge is 2.32. The molecule has 0 atom stereocenters. The van der Waals surface area contributed by atoms with E-state index >= 15 is 0 Å². The van der Waals surface area contributed by atoms with Gasteiger partial charge in [0.05, 0.1) is 0 Å². The van der Waals surface area contributed by atoms with E-state index in [1.54, 1.807) is 0 Å². The van der Waals surface area contributed by atoms with Crippen LogP contribution in [0.1, 0.15) is 65.7 Å². The smallest absolute Gasteiger partial charge is 0.223 e. The molecule has 3 heteroatoms. The summed E-state index contributed by atoms with van der Waals surface area (Å²) in [5.41, 5.74) is 0.404. The number of alkyl halides is 1. The maximum atomic E-state index is 12.1. The van der Waals surface area contributed by atoms with Crippen molar-refractivity contribution < 1.29 is 4.79 Å². The molecule has 0 heterocycles. The van der Waals surface area contributed by atoms with Gasteiger partial charge in [0.15, 0.2) is 0 Å². The summed E-state index contributed by atoms with van der Waals surface area (Å²) in [4.78, 5) is 12.1. The van der Waals surface area contributed by atoms with Crippen LogP contribution in [-0.4, -0.2) is 16.9 Å². The molecule has 2 nitrogen and oxygen atoms in total. The van der Waals surface area contributed by atoms with Gasteiger partial charge >= 0.3 is 0 Å². The van der Waals surface area contributed by atoms with Crippen molar-refractivity contribution in [3.8, 4) is 0 Å². The van der Waals surface area contributed by atoms with Crippen LogP contribution in [0.5, 0.6) is 0 Å². The van der Waals surface area contributed by atoms with Crippen LogP contribution in [0.25, 0.3) is 0 Å². The number of carbonyl (C=O) groups is 1. The van der Waals surface area contributed by atoms with Gasteiger partial charge in [-0.3, -0.25) is 4.79 Å². The number of hydrogen-bond donors (Lipinski definition) is 1. The summed E-state index contributed by atoms with van der Waals surface area (Å²) >= 11 is 2.41. The van der Waals surface area contributed by atoms with E-state index in [4.69, 9.17) is 0 Å². The quantitative estimate of drug-likeness (QED) is 0.409. The number of carbonyl (C=O) groups excluding carboxylic acids is 1. The molecule has 19 heavy (non-hydrogen) atoms. The summed E-state index contributed by atoms with van der Waals surface area (Å²) < 4.78 is 1.22. The molecule has 0 aliphatic heterocycles. The van der Waals surface area contributed by atoms with Crippen LogP contribution in [0.3, 0.4) is 0 Å². The number of hydrogen-bond acceptors (Lipinski definition) is 1. The summed E-state index contributed by atoms with van der Waals surface area (Å²) in [7, 11) is 0. The Balaban J connectivity index is 2.18. The zero-order valence-corrected chi connectivity index (χ0v) is 15.0. The van der Waals surface area contributed by atoms with E-state index in [0.717, 1.165) is 31.7 Å². The number of halogens is 1. The summed E-state index contributed by atoms with van der Waals surface area (Å²) in [5, 5.41) is 3.12. The van der Waals surface area contributed by atoms with Crippen LogP contribution >= 0.6 is 22.6 Å². The third kappa shape index (κ3) is 6.46. The third-order valence-electron chi connectivity index (χ3n) is 4.43. The lowest BCUT2D eigenvalue weighted by atomic mass is 9.69. The van der Waals surface area contributed by atoms with Gasteiger partial charge in [-0.05, 0) is 54.3 Å². The van der Waals surface area contributed by atoms with Crippen LogP contribution in [0.15, 0.2) is 0 Å². The first-order chi connectivity index (χ1) is 8.95. The highest BCUT2D eigenvalue weighted by atomic mass is 127. The Labute approximate surface area is 132 Å². The molecular formula is C16H30INO. The summed E-state index contributed by atoms with van der Waals surface area (Å²) in [6.45, 7) is 7.84. The SMILES string of the molecule is CC(C)(C)C1CCC(C(=O)NCCCCCI)CC1. The fourth-order valence-electron chi connectivity index (χ4n) is 2.97. The van der Waals surface area contributed by atoms with Gasteiger partial charge in [-0.15, -0.1) is 0 Å². The first-order valence-electron chi connectivity index (χ1n) is 7.79. The van der Waals surface area contributed by atoms with Crippen molar-refractivity contribution in [1.29, 1.82) is 0 Å². The van der Waals surface area contributed by atoms with Crippen molar-refractivity contribution in [3.05, 3.63) is 0 Å². The molecule has 0 radical (unpaired) electrons. The highest BCUT2D eigenvalue weighted by Crippen LogP contribution is 2.39. The first kappa shape index (κ1) is 17.3. The van der Waals surface area contributed by atoms with E-state index in [1.165, 1.54) is 30.1 Å². The monoisotopic (exact) mass is 379 g/mol. The van der Waals surface area contributed by atoms with E-state index in [-0.39, 0.29) is 5.92 Å². The second kappa shape index (κ2) is 8.48. The lowest BCUT2D eigenvalue weighted by Crippen LogP contribution is -2.35. The van der Waals surface area contributed by atoms with Gasteiger partial charge in [0.25, 0.3) is 0 Å². The molecule has 0 unspecified atom stereocenters.